The lowest BCUT2D eigenvalue weighted by molar-refractivity contribution is -0.137. The molecule has 6 N–H and O–H groups in total. The standard InChI is InChI=1S/C14H15F3N6O.2ClH/c15-14(16,17)8-2-1-3-9(6-8)22-12-10(11(19)24)7-21-13(23-12)20-5-4-18;;/h1-3,6-7H,4-5,18H2,(H2,19,24)(H2,20,21,22,23);2*1H. The van der Waals surface area contributed by atoms with Gasteiger partial charge in [-0.3, -0.25) is 4.79 Å². The van der Waals surface area contributed by atoms with Gasteiger partial charge in [0.2, 0.25) is 5.95 Å². The second-order valence-electron chi connectivity index (χ2n) is 4.74. The first-order valence-corrected chi connectivity index (χ1v) is 6.86. The van der Waals surface area contributed by atoms with Crippen molar-refractivity contribution in [1.29, 1.82) is 0 Å². The largest absolute Gasteiger partial charge is 0.416 e. The van der Waals surface area contributed by atoms with Crippen molar-refractivity contribution in [3.63, 3.8) is 0 Å². The van der Waals surface area contributed by atoms with Gasteiger partial charge in [-0.25, -0.2) is 4.98 Å². The molecule has 26 heavy (non-hydrogen) atoms. The molecule has 0 aliphatic carbocycles. The number of hydrogen-bond donors (Lipinski definition) is 4. The molecule has 0 fully saturated rings. The molecule has 0 aliphatic heterocycles. The number of nitrogens with zero attached hydrogens (tertiary/aromatic N) is 2. The van der Waals surface area contributed by atoms with Gasteiger partial charge in [0.15, 0.2) is 0 Å². The maximum absolute atomic E-state index is 12.8. The van der Waals surface area contributed by atoms with E-state index < -0.39 is 17.6 Å². The zero-order valence-corrected chi connectivity index (χ0v) is 14.8. The molecule has 0 bridgehead atoms. The van der Waals surface area contributed by atoms with E-state index in [0.717, 1.165) is 12.1 Å². The number of benzene rings is 1. The SMILES string of the molecule is Cl.Cl.NCCNc1ncc(C(N)=O)c(Nc2cccc(C(F)(F)F)c2)n1. The van der Waals surface area contributed by atoms with E-state index in [9.17, 15) is 18.0 Å². The first kappa shape index (κ1) is 23.7. The summed E-state index contributed by atoms with van der Waals surface area (Å²) in [7, 11) is 0. The molecule has 1 heterocycles. The minimum Gasteiger partial charge on any atom is -0.365 e. The minimum absolute atomic E-state index is 0. The van der Waals surface area contributed by atoms with Gasteiger partial charge in [-0.15, -0.1) is 24.8 Å². The van der Waals surface area contributed by atoms with Crippen molar-refractivity contribution in [2.45, 2.75) is 6.18 Å². The van der Waals surface area contributed by atoms with Crippen molar-refractivity contribution >= 4 is 48.2 Å². The van der Waals surface area contributed by atoms with Crippen molar-refractivity contribution < 1.29 is 18.0 Å². The number of nitrogens with two attached hydrogens (primary N) is 2. The number of primary amides is 1. The Balaban J connectivity index is 0.00000312. The predicted molar refractivity (Wildman–Crippen MR) is 97.3 cm³/mol. The van der Waals surface area contributed by atoms with Gasteiger partial charge in [0, 0.05) is 25.0 Å². The number of nitrogens with one attached hydrogen (secondary N) is 2. The second kappa shape index (κ2) is 10.00. The maximum atomic E-state index is 12.8. The summed E-state index contributed by atoms with van der Waals surface area (Å²) in [5, 5.41) is 5.46. The van der Waals surface area contributed by atoms with Gasteiger partial charge in [0.1, 0.15) is 11.4 Å². The Hall–Kier alpha value is -2.30. The van der Waals surface area contributed by atoms with Gasteiger partial charge in [-0.2, -0.15) is 18.2 Å². The Morgan fingerprint density at radius 3 is 2.50 bits per heavy atom. The van der Waals surface area contributed by atoms with Crippen LogP contribution < -0.4 is 22.1 Å². The van der Waals surface area contributed by atoms with E-state index >= 15 is 0 Å². The summed E-state index contributed by atoms with van der Waals surface area (Å²) in [4.78, 5) is 19.4. The fourth-order valence-corrected chi connectivity index (χ4v) is 1.84. The number of carbonyl (C=O) groups excluding carboxylic acids is 1. The number of alkyl halides is 3. The van der Waals surface area contributed by atoms with Crippen molar-refractivity contribution in [3.8, 4) is 0 Å². The zero-order valence-electron chi connectivity index (χ0n) is 13.2. The molecule has 7 nitrogen and oxygen atoms in total. The van der Waals surface area contributed by atoms with Crippen LogP contribution in [0.15, 0.2) is 30.5 Å². The van der Waals surface area contributed by atoms with Crippen LogP contribution in [-0.4, -0.2) is 29.0 Å². The maximum Gasteiger partial charge on any atom is 0.416 e. The topological polar surface area (TPSA) is 119 Å². The Bertz CT molecular complexity index is 745. The molecule has 144 valence electrons. The molecule has 1 aromatic carbocycles. The van der Waals surface area contributed by atoms with Gasteiger partial charge in [0.05, 0.1) is 5.56 Å². The molecule has 0 unspecified atom stereocenters. The normalized spacial score (nSPS) is 10.3. The highest BCUT2D eigenvalue weighted by molar-refractivity contribution is 5.98. The predicted octanol–water partition coefficient (Wildman–Crippen LogP) is 2.55. The average Bonchev–Trinajstić information content (AvgIpc) is 2.52. The molecule has 12 heteroatoms. The Kier molecular flexibility index (Phi) is 9.11. The van der Waals surface area contributed by atoms with E-state index in [1.165, 1.54) is 18.3 Å². The number of aromatic nitrogens is 2. The first-order chi connectivity index (χ1) is 11.3. The quantitative estimate of drug-likeness (QED) is 0.578. The van der Waals surface area contributed by atoms with Crippen molar-refractivity contribution in [2.24, 2.45) is 11.5 Å². The van der Waals surface area contributed by atoms with Crippen LogP contribution in [0, 0.1) is 0 Å². The number of amides is 1. The lowest BCUT2D eigenvalue weighted by Crippen LogP contribution is -2.18. The van der Waals surface area contributed by atoms with E-state index in [1.54, 1.807) is 0 Å². The molecule has 0 saturated heterocycles. The fourth-order valence-electron chi connectivity index (χ4n) is 1.84. The fraction of sp³-hybridized carbons (Fsp3) is 0.214. The highest BCUT2D eigenvalue weighted by Crippen LogP contribution is 2.31. The smallest absolute Gasteiger partial charge is 0.365 e. The number of hydrogen-bond acceptors (Lipinski definition) is 6. The van der Waals surface area contributed by atoms with Crippen LogP contribution in [0.5, 0.6) is 0 Å². The van der Waals surface area contributed by atoms with Gasteiger partial charge < -0.3 is 22.1 Å². The van der Waals surface area contributed by atoms with Crippen LogP contribution in [0.25, 0.3) is 0 Å². The molecule has 0 saturated carbocycles. The summed E-state index contributed by atoms with van der Waals surface area (Å²) < 4.78 is 38.3. The molecule has 1 amide bonds. The molecule has 0 atom stereocenters. The van der Waals surface area contributed by atoms with Gasteiger partial charge in [-0.05, 0) is 18.2 Å². The first-order valence-electron chi connectivity index (χ1n) is 6.86. The van der Waals surface area contributed by atoms with Crippen LogP contribution >= 0.6 is 24.8 Å². The third kappa shape index (κ3) is 6.21. The summed E-state index contributed by atoms with van der Waals surface area (Å²) >= 11 is 0. The molecule has 0 aliphatic rings. The summed E-state index contributed by atoms with van der Waals surface area (Å²) in [5.74, 6) is -0.647. The average molecular weight is 413 g/mol. The van der Waals surface area contributed by atoms with Crippen LogP contribution in [0.4, 0.5) is 30.6 Å². The number of anilines is 3. The molecule has 2 aromatic rings. The van der Waals surface area contributed by atoms with E-state index in [0.29, 0.717) is 13.1 Å². The molecule has 0 spiro atoms. The van der Waals surface area contributed by atoms with Crippen LogP contribution in [-0.2, 0) is 6.18 Å². The highest BCUT2D eigenvalue weighted by atomic mass is 35.5. The Labute approximate surface area is 159 Å². The Morgan fingerprint density at radius 2 is 1.92 bits per heavy atom. The summed E-state index contributed by atoms with van der Waals surface area (Å²) in [6.45, 7) is 0.718. The van der Waals surface area contributed by atoms with Gasteiger partial charge in [0.25, 0.3) is 5.91 Å². The summed E-state index contributed by atoms with van der Waals surface area (Å²) in [5.41, 5.74) is 9.82. The Morgan fingerprint density at radius 1 is 1.23 bits per heavy atom. The van der Waals surface area contributed by atoms with Crippen LogP contribution in [0.2, 0.25) is 0 Å². The number of halogens is 5. The van der Waals surface area contributed by atoms with E-state index in [2.05, 4.69) is 20.6 Å². The molecular formula is C14H17Cl2F3N6O. The van der Waals surface area contributed by atoms with E-state index in [-0.39, 0.29) is 47.8 Å². The lowest BCUT2D eigenvalue weighted by atomic mass is 10.2. The monoisotopic (exact) mass is 412 g/mol. The summed E-state index contributed by atoms with van der Waals surface area (Å²) in [6, 6.07) is 4.49. The van der Waals surface area contributed by atoms with Gasteiger partial charge in [-0.1, -0.05) is 6.07 Å². The molecule has 1 aromatic heterocycles. The number of carbonyl (C=O) groups is 1. The van der Waals surface area contributed by atoms with Crippen molar-refractivity contribution in [3.05, 3.63) is 41.6 Å². The van der Waals surface area contributed by atoms with Crippen LogP contribution in [0.3, 0.4) is 0 Å². The third-order valence-electron chi connectivity index (χ3n) is 2.93. The van der Waals surface area contributed by atoms with Crippen molar-refractivity contribution in [1.82, 2.24) is 9.97 Å². The van der Waals surface area contributed by atoms with Crippen LogP contribution in [0.1, 0.15) is 15.9 Å². The highest BCUT2D eigenvalue weighted by Gasteiger charge is 2.30. The minimum atomic E-state index is -4.48. The van der Waals surface area contributed by atoms with Crippen molar-refractivity contribution in [2.75, 3.05) is 23.7 Å². The molecule has 0 radical (unpaired) electrons. The van der Waals surface area contributed by atoms with E-state index in [1.807, 2.05) is 0 Å². The molecular weight excluding hydrogens is 396 g/mol. The third-order valence-corrected chi connectivity index (χ3v) is 2.93. The molecule has 2 rings (SSSR count). The second-order valence-corrected chi connectivity index (χ2v) is 4.74. The van der Waals surface area contributed by atoms with Gasteiger partial charge >= 0.3 is 6.18 Å². The lowest BCUT2D eigenvalue weighted by Gasteiger charge is -2.13. The van der Waals surface area contributed by atoms with E-state index in [4.69, 9.17) is 11.5 Å². The zero-order chi connectivity index (χ0) is 17.7. The number of rotatable bonds is 6. The summed E-state index contributed by atoms with van der Waals surface area (Å²) in [6.07, 6.45) is -3.30.